The number of aromatic nitrogens is 6. The van der Waals surface area contributed by atoms with Gasteiger partial charge in [0.1, 0.15) is 23.1 Å². The van der Waals surface area contributed by atoms with E-state index >= 15 is 0 Å². The van der Waals surface area contributed by atoms with Gasteiger partial charge in [-0.2, -0.15) is 0 Å². The molecule has 12 heteroatoms. The molecule has 46 heavy (non-hydrogen) atoms. The third kappa shape index (κ3) is 8.40. The number of nitrogens with one attached hydrogen (secondary N) is 3. The number of fused-ring (bicyclic) bond motifs is 1. The van der Waals surface area contributed by atoms with Gasteiger partial charge in [0.25, 0.3) is 5.91 Å². The topological polar surface area (TPSA) is 143 Å². The molecule has 0 saturated heterocycles. The van der Waals surface area contributed by atoms with Gasteiger partial charge >= 0.3 is 0 Å². The standard InChI is InChI=1S/C22H22N6O2.C12H12ClN3/c1-15(16-5-3-2-4-6-16)26-20-12-23-13-21(27-20)28-14-25-18-11-17(7-8-19(18)28)22(30)24-9-10-29;1-9(10-5-3-2-4-6-10)15-12-8-14-7-11(13)16-12/h2-8,11-15,29H,9-10H2,1H3,(H,24,30)(H,26,27);2-9H,1H3,(H,15,16)/t15-;9-/m00/s1. The van der Waals surface area contributed by atoms with E-state index < -0.39 is 0 Å². The van der Waals surface area contributed by atoms with E-state index in [9.17, 15) is 4.79 Å². The van der Waals surface area contributed by atoms with Gasteiger partial charge in [-0.05, 0) is 43.2 Å². The van der Waals surface area contributed by atoms with Crippen LogP contribution < -0.4 is 16.0 Å². The SMILES string of the molecule is C[C@H](Nc1cncc(-n2cnc3cc(C(=O)NCCO)ccc32)n1)c1ccccc1.C[C@H](Nc1cncc(Cl)n1)c1ccccc1. The van der Waals surface area contributed by atoms with Crippen LogP contribution in [0.15, 0.2) is 110 Å². The second-order valence-corrected chi connectivity index (χ2v) is 10.7. The van der Waals surface area contributed by atoms with Crippen LogP contribution in [0.25, 0.3) is 16.9 Å². The summed E-state index contributed by atoms with van der Waals surface area (Å²) < 4.78 is 1.83. The molecule has 0 bridgehead atoms. The molecular weight excluding hydrogens is 602 g/mol. The third-order valence-corrected chi connectivity index (χ3v) is 7.19. The highest BCUT2D eigenvalue weighted by Crippen LogP contribution is 2.21. The molecule has 6 rings (SSSR count). The number of carbonyl (C=O) groups excluding carboxylic acids is 1. The lowest BCUT2D eigenvalue weighted by molar-refractivity contribution is 0.0945. The highest BCUT2D eigenvalue weighted by molar-refractivity contribution is 6.29. The molecular formula is C34H34ClN9O2. The maximum absolute atomic E-state index is 12.1. The number of halogens is 1. The van der Waals surface area contributed by atoms with Gasteiger partial charge in [-0.25, -0.2) is 15.0 Å². The third-order valence-electron chi connectivity index (χ3n) is 7.01. The maximum atomic E-state index is 12.1. The Morgan fingerprint density at radius 1 is 0.826 bits per heavy atom. The Hall–Kier alpha value is -5.39. The lowest BCUT2D eigenvalue weighted by atomic mass is 10.1. The number of hydrogen-bond donors (Lipinski definition) is 4. The Bertz CT molecular complexity index is 1870. The van der Waals surface area contributed by atoms with Crippen LogP contribution in [0.1, 0.15) is 47.4 Å². The molecule has 3 aromatic carbocycles. The molecule has 1 amide bonds. The van der Waals surface area contributed by atoms with E-state index in [1.807, 2.05) is 47.0 Å². The van der Waals surface area contributed by atoms with Gasteiger partial charge in [0, 0.05) is 24.2 Å². The molecule has 0 saturated carbocycles. The highest BCUT2D eigenvalue weighted by Gasteiger charge is 2.12. The van der Waals surface area contributed by atoms with Crippen molar-refractivity contribution >= 4 is 40.2 Å². The number of imidazole rings is 1. The molecule has 0 aliphatic rings. The highest BCUT2D eigenvalue weighted by atomic mass is 35.5. The van der Waals surface area contributed by atoms with Crippen molar-refractivity contribution in [1.82, 2.24) is 34.8 Å². The van der Waals surface area contributed by atoms with Crippen molar-refractivity contribution in [2.45, 2.75) is 25.9 Å². The molecule has 0 unspecified atom stereocenters. The number of rotatable bonds is 10. The van der Waals surface area contributed by atoms with Gasteiger partial charge in [-0.1, -0.05) is 72.3 Å². The molecule has 2 atom stereocenters. The van der Waals surface area contributed by atoms with Crippen LogP contribution >= 0.6 is 11.6 Å². The van der Waals surface area contributed by atoms with Gasteiger partial charge in [-0.15, -0.1) is 0 Å². The Kier molecular flexibility index (Phi) is 10.8. The lowest BCUT2D eigenvalue weighted by Crippen LogP contribution is -2.26. The fraction of sp³-hybridized carbons (Fsp3) is 0.176. The molecule has 0 aliphatic carbocycles. The zero-order valence-corrected chi connectivity index (χ0v) is 26.1. The summed E-state index contributed by atoms with van der Waals surface area (Å²) in [5, 5.41) is 18.5. The van der Waals surface area contributed by atoms with Crippen LogP contribution in [-0.4, -0.2) is 53.7 Å². The van der Waals surface area contributed by atoms with E-state index in [0.29, 0.717) is 33.7 Å². The summed E-state index contributed by atoms with van der Waals surface area (Å²) in [6, 6.07) is 25.8. The van der Waals surface area contributed by atoms with Gasteiger partial charge in [0.05, 0.1) is 42.4 Å². The molecule has 4 N–H and O–H groups in total. The normalized spacial score (nSPS) is 12.0. The second-order valence-electron chi connectivity index (χ2n) is 10.3. The van der Waals surface area contributed by atoms with Crippen LogP contribution in [0.4, 0.5) is 11.6 Å². The summed E-state index contributed by atoms with van der Waals surface area (Å²) in [5.41, 5.74) is 4.33. The van der Waals surface area contributed by atoms with Gasteiger partial charge in [0.15, 0.2) is 5.82 Å². The summed E-state index contributed by atoms with van der Waals surface area (Å²) in [6.07, 6.45) is 8.19. The van der Waals surface area contributed by atoms with Crippen LogP contribution in [0.5, 0.6) is 0 Å². The summed E-state index contributed by atoms with van der Waals surface area (Å²) in [7, 11) is 0. The van der Waals surface area contributed by atoms with Crippen molar-refractivity contribution in [2.24, 2.45) is 0 Å². The fourth-order valence-electron chi connectivity index (χ4n) is 4.65. The van der Waals surface area contributed by atoms with Crippen molar-refractivity contribution in [3.05, 3.63) is 132 Å². The molecule has 0 spiro atoms. The summed E-state index contributed by atoms with van der Waals surface area (Å²) in [4.78, 5) is 33.6. The van der Waals surface area contributed by atoms with Crippen LogP contribution in [0.2, 0.25) is 5.15 Å². The average molecular weight is 636 g/mol. The van der Waals surface area contributed by atoms with Crippen LogP contribution in [-0.2, 0) is 0 Å². The minimum atomic E-state index is -0.249. The molecule has 234 valence electrons. The fourth-order valence-corrected chi connectivity index (χ4v) is 4.80. The monoisotopic (exact) mass is 635 g/mol. The van der Waals surface area contributed by atoms with Crippen molar-refractivity contribution < 1.29 is 9.90 Å². The Morgan fingerprint density at radius 2 is 1.43 bits per heavy atom. The zero-order chi connectivity index (χ0) is 32.3. The molecule has 0 radical (unpaired) electrons. The van der Waals surface area contributed by atoms with E-state index in [-0.39, 0.29) is 31.1 Å². The summed E-state index contributed by atoms with van der Waals surface area (Å²) in [5.74, 6) is 1.72. The zero-order valence-electron chi connectivity index (χ0n) is 25.4. The summed E-state index contributed by atoms with van der Waals surface area (Å²) >= 11 is 5.76. The minimum Gasteiger partial charge on any atom is -0.395 e. The number of benzene rings is 3. The van der Waals surface area contributed by atoms with E-state index in [0.717, 1.165) is 11.1 Å². The maximum Gasteiger partial charge on any atom is 0.251 e. The molecule has 0 aliphatic heterocycles. The average Bonchev–Trinajstić information content (AvgIpc) is 3.52. The number of anilines is 2. The number of hydrogen-bond acceptors (Lipinski definition) is 9. The minimum absolute atomic E-state index is 0.0790. The summed E-state index contributed by atoms with van der Waals surface area (Å²) in [6.45, 7) is 4.24. The first-order chi connectivity index (χ1) is 22.4. The quantitative estimate of drug-likeness (QED) is 0.142. The number of aliphatic hydroxyl groups is 1. The van der Waals surface area contributed by atoms with Crippen molar-refractivity contribution in [2.75, 3.05) is 23.8 Å². The number of carbonyl (C=O) groups is 1. The molecule has 11 nitrogen and oxygen atoms in total. The smallest absolute Gasteiger partial charge is 0.251 e. The molecule has 3 aromatic heterocycles. The van der Waals surface area contributed by atoms with E-state index in [1.54, 1.807) is 37.1 Å². The molecule has 0 fully saturated rings. The molecule has 3 heterocycles. The first kappa shape index (κ1) is 32.0. The van der Waals surface area contributed by atoms with Crippen molar-refractivity contribution in [3.63, 3.8) is 0 Å². The Labute approximate surface area is 271 Å². The van der Waals surface area contributed by atoms with Gasteiger partial charge in [0.2, 0.25) is 0 Å². The number of amides is 1. The first-order valence-electron chi connectivity index (χ1n) is 14.7. The predicted molar refractivity (Wildman–Crippen MR) is 180 cm³/mol. The van der Waals surface area contributed by atoms with Gasteiger partial charge < -0.3 is 21.1 Å². The van der Waals surface area contributed by atoms with Gasteiger partial charge in [-0.3, -0.25) is 19.3 Å². The van der Waals surface area contributed by atoms with Crippen LogP contribution in [0, 0.1) is 0 Å². The Balaban J connectivity index is 0.000000219. The Morgan fingerprint density at radius 3 is 2.04 bits per heavy atom. The van der Waals surface area contributed by atoms with Crippen molar-refractivity contribution in [1.29, 1.82) is 0 Å². The van der Waals surface area contributed by atoms with E-state index in [4.69, 9.17) is 16.7 Å². The lowest BCUT2D eigenvalue weighted by Gasteiger charge is -2.15. The first-order valence-corrected chi connectivity index (χ1v) is 15.1. The number of nitrogens with zero attached hydrogens (tertiary/aromatic N) is 6. The van der Waals surface area contributed by atoms with Crippen LogP contribution in [0.3, 0.4) is 0 Å². The second kappa shape index (κ2) is 15.6. The van der Waals surface area contributed by atoms with E-state index in [1.165, 1.54) is 11.8 Å². The number of aliphatic hydroxyl groups excluding tert-OH is 1. The van der Waals surface area contributed by atoms with Crippen molar-refractivity contribution in [3.8, 4) is 5.82 Å². The molecule has 6 aromatic rings. The largest absolute Gasteiger partial charge is 0.395 e. The predicted octanol–water partition coefficient (Wildman–Crippen LogP) is 6.01. The van der Waals surface area contributed by atoms with E-state index in [2.05, 4.69) is 79.0 Å².